The van der Waals surface area contributed by atoms with Gasteiger partial charge in [0.05, 0.1) is 5.51 Å². The Morgan fingerprint density at radius 2 is 1.97 bits per heavy atom. The zero-order valence-corrected chi connectivity index (χ0v) is 17.3. The molecule has 0 aliphatic heterocycles. The number of hydrogen-bond acceptors (Lipinski definition) is 7. The van der Waals surface area contributed by atoms with Crippen molar-refractivity contribution in [2.24, 2.45) is 0 Å². The highest BCUT2D eigenvalue weighted by atomic mass is 32.2. The molecule has 0 radical (unpaired) electrons. The van der Waals surface area contributed by atoms with E-state index in [1.54, 1.807) is 6.20 Å². The zero-order valence-electron chi connectivity index (χ0n) is 15.6. The van der Waals surface area contributed by atoms with Gasteiger partial charge in [-0.05, 0) is 19.3 Å². The van der Waals surface area contributed by atoms with Crippen LogP contribution < -0.4 is 15.2 Å². The molecule has 0 bridgehead atoms. The van der Waals surface area contributed by atoms with Gasteiger partial charge in [0.15, 0.2) is 10.7 Å². The fourth-order valence-electron chi connectivity index (χ4n) is 3.69. The molecule has 30 heavy (non-hydrogen) atoms. The number of hydrogen-bond donors (Lipinski definition) is 3. The molecule has 0 spiro atoms. The molecule has 1 aromatic carbocycles. The van der Waals surface area contributed by atoms with Gasteiger partial charge >= 0.3 is 0 Å². The van der Waals surface area contributed by atoms with Crippen LogP contribution in [0, 0.1) is 11.6 Å². The van der Waals surface area contributed by atoms with Gasteiger partial charge in [-0.25, -0.2) is 22.2 Å². The third-order valence-electron chi connectivity index (χ3n) is 5.00. The van der Waals surface area contributed by atoms with E-state index in [-0.39, 0.29) is 23.6 Å². The Morgan fingerprint density at radius 3 is 2.60 bits per heavy atom. The molecular weight excluding hydrogens is 436 g/mol. The number of sulfonamides is 1. The third kappa shape index (κ3) is 4.10. The number of ether oxygens (including phenoxy) is 1. The molecule has 2 atom stereocenters. The van der Waals surface area contributed by atoms with Gasteiger partial charge in [-0.15, -0.1) is 11.3 Å². The SMILES string of the molecule is Nc1n[nH]cc1C1CCCCC1Oc1cc(F)c(S(=O)(=O)Nc2cscn2)c(F)c1. The molecule has 1 fully saturated rings. The predicted molar refractivity (Wildman–Crippen MR) is 108 cm³/mol. The summed E-state index contributed by atoms with van der Waals surface area (Å²) in [6, 6.07) is 1.76. The van der Waals surface area contributed by atoms with E-state index >= 15 is 0 Å². The van der Waals surface area contributed by atoms with E-state index in [9.17, 15) is 17.2 Å². The van der Waals surface area contributed by atoms with Crippen molar-refractivity contribution >= 4 is 33.0 Å². The molecule has 2 aromatic heterocycles. The van der Waals surface area contributed by atoms with Gasteiger partial charge in [0.2, 0.25) is 0 Å². The third-order valence-corrected chi connectivity index (χ3v) is 6.99. The minimum absolute atomic E-state index is 0.0122. The first-order valence-electron chi connectivity index (χ1n) is 9.21. The van der Waals surface area contributed by atoms with Gasteiger partial charge in [-0.2, -0.15) is 5.10 Å². The first-order valence-corrected chi connectivity index (χ1v) is 11.6. The fraction of sp³-hybridized carbons (Fsp3) is 0.333. The lowest BCUT2D eigenvalue weighted by molar-refractivity contribution is 0.129. The minimum atomic E-state index is -4.49. The summed E-state index contributed by atoms with van der Waals surface area (Å²) in [5.41, 5.74) is 8.10. The minimum Gasteiger partial charge on any atom is -0.490 e. The van der Waals surface area contributed by atoms with E-state index in [4.69, 9.17) is 10.5 Å². The molecule has 1 saturated carbocycles. The molecule has 1 aliphatic rings. The molecule has 1 aliphatic carbocycles. The topological polar surface area (TPSA) is 123 Å². The number of aromatic amines is 1. The van der Waals surface area contributed by atoms with Crippen molar-refractivity contribution in [3.63, 3.8) is 0 Å². The van der Waals surface area contributed by atoms with Gasteiger partial charge in [0.1, 0.15) is 29.3 Å². The molecule has 4 N–H and O–H groups in total. The summed E-state index contributed by atoms with van der Waals surface area (Å²) in [6.45, 7) is 0. The van der Waals surface area contributed by atoms with Crippen LogP contribution in [-0.4, -0.2) is 29.7 Å². The number of nitrogen functional groups attached to an aromatic ring is 1. The first-order chi connectivity index (χ1) is 14.3. The standard InChI is InChI=1S/C18H19F2N5O3S2/c19-13-5-10(6-14(20)17(13)30(26,27)25-16-8-29-9-22-16)28-15-4-2-1-3-11(15)12-7-23-24-18(12)21/h5-9,11,15,25H,1-4H2,(H3,21,23,24). The molecule has 4 rings (SSSR count). The summed E-state index contributed by atoms with van der Waals surface area (Å²) in [6.07, 6.45) is 4.66. The summed E-state index contributed by atoms with van der Waals surface area (Å²) in [5, 5.41) is 8.05. The largest absolute Gasteiger partial charge is 0.490 e. The Bertz CT molecular complexity index is 1110. The number of nitrogens with zero attached hydrogens (tertiary/aromatic N) is 2. The number of halogens is 2. The number of rotatable bonds is 6. The van der Waals surface area contributed by atoms with Crippen molar-refractivity contribution in [3.05, 3.63) is 46.4 Å². The number of anilines is 2. The molecule has 2 unspecified atom stereocenters. The summed E-state index contributed by atoms with van der Waals surface area (Å²) >= 11 is 1.14. The van der Waals surface area contributed by atoms with E-state index in [2.05, 4.69) is 19.9 Å². The average molecular weight is 456 g/mol. The summed E-state index contributed by atoms with van der Waals surface area (Å²) in [7, 11) is -4.49. The van der Waals surface area contributed by atoms with E-state index in [1.165, 1.54) is 10.9 Å². The van der Waals surface area contributed by atoms with E-state index < -0.39 is 26.6 Å². The van der Waals surface area contributed by atoms with Crippen molar-refractivity contribution in [2.75, 3.05) is 10.5 Å². The van der Waals surface area contributed by atoms with Crippen LogP contribution >= 0.6 is 11.3 Å². The van der Waals surface area contributed by atoms with Crippen molar-refractivity contribution in [2.45, 2.75) is 42.6 Å². The number of nitrogens with one attached hydrogen (secondary N) is 2. The van der Waals surface area contributed by atoms with E-state index in [0.29, 0.717) is 12.2 Å². The van der Waals surface area contributed by atoms with Crippen LogP contribution in [-0.2, 0) is 10.0 Å². The Balaban J connectivity index is 1.59. The number of thiazole rings is 1. The molecule has 3 aromatic rings. The second-order valence-electron chi connectivity index (χ2n) is 6.97. The Morgan fingerprint density at radius 1 is 1.23 bits per heavy atom. The second kappa shape index (κ2) is 8.19. The second-order valence-corrected chi connectivity index (χ2v) is 9.31. The lowest BCUT2D eigenvalue weighted by atomic mass is 9.82. The normalized spacial score (nSPS) is 19.5. The van der Waals surface area contributed by atoms with Crippen molar-refractivity contribution in [3.8, 4) is 5.75 Å². The van der Waals surface area contributed by atoms with Crippen LogP contribution in [0.15, 0.2) is 34.1 Å². The molecule has 0 amide bonds. The van der Waals surface area contributed by atoms with Crippen LogP contribution in [0.5, 0.6) is 5.75 Å². The average Bonchev–Trinajstić information content (AvgIpc) is 3.32. The Labute approximate surface area is 175 Å². The number of nitrogens with two attached hydrogens (primary N) is 1. The van der Waals surface area contributed by atoms with Crippen LogP contribution in [0.2, 0.25) is 0 Å². The lowest BCUT2D eigenvalue weighted by Crippen LogP contribution is -2.29. The van der Waals surface area contributed by atoms with Gasteiger partial charge in [0, 0.05) is 35.2 Å². The molecule has 8 nitrogen and oxygen atoms in total. The highest BCUT2D eigenvalue weighted by molar-refractivity contribution is 7.92. The summed E-state index contributed by atoms with van der Waals surface area (Å²) < 4.78 is 62.0. The Kier molecular flexibility index (Phi) is 5.60. The maximum Gasteiger partial charge on any atom is 0.268 e. The Hall–Kier alpha value is -2.73. The van der Waals surface area contributed by atoms with Crippen molar-refractivity contribution < 1.29 is 21.9 Å². The first kappa shape index (κ1) is 20.5. The smallest absolute Gasteiger partial charge is 0.268 e. The zero-order chi connectivity index (χ0) is 21.3. The molecule has 2 heterocycles. The molecule has 160 valence electrons. The van der Waals surface area contributed by atoms with Crippen LogP contribution in [0.1, 0.15) is 37.2 Å². The number of aromatic nitrogens is 3. The predicted octanol–water partition coefficient (Wildman–Crippen LogP) is 3.63. The van der Waals surface area contributed by atoms with Gasteiger partial charge in [-0.1, -0.05) is 6.42 Å². The monoisotopic (exact) mass is 455 g/mol. The number of benzene rings is 1. The van der Waals surface area contributed by atoms with Crippen LogP contribution in [0.3, 0.4) is 0 Å². The fourth-order valence-corrected chi connectivity index (χ4v) is 5.37. The van der Waals surface area contributed by atoms with Crippen LogP contribution in [0.25, 0.3) is 0 Å². The van der Waals surface area contributed by atoms with Gasteiger partial charge in [-0.3, -0.25) is 9.82 Å². The van der Waals surface area contributed by atoms with Crippen molar-refractivity contribution in [1.29, 1.82) is 0 Å². The van der Waals surface area contributed by atoms with Gasteiger partial charge in [0.25, 0.3) is 10.0 Å². The molecule has 12 heteroatoms. The maximum absolute atomic E-state index is 14.6. The van der Waals surface area contributed by atoms with Crippen LogP contribution in [0.4, 0.5) is 20.4 Å². The summed E-state index contributed by atoms with van der Waals surface area (Å²) in [5.74, 6) is -2.31. The maximum atomic E-state index is 14.6. The quantitative estimate of drug-likeness (QED) is 0.522. The highest BCUT2D eigenvalue weighted by Gasteiger charge is 2.32. The lowest BCUT2D eigenvalue weighted by Gasteiger charge is -2.31. The van der Waals surface area contributed by atoms with Crippen molar-refractivity contribution in [1.82, 2.24) is 15.2 Å². The highest BCUT2D eigenvalue weighted by Crippen LogP contribution is 2.38. The van der Waals surface area contributed by atoms with Gasteiger partial charge < -0.3 is 10.5 Å². The van der Waals surface area contributed by atoms with E-state index in [0.717, 1.165) is 48.3 Å². The molecule has 0 saturated heterocycles. The number of H-pyrrole nitrogens is 1. The summed E-state index contributed by atoms with van der Waals surface area (Å²) in [4.78, 5) is 2.68. The molecular formula is C18H19F2N5O3S2. The van der Waals surface area contributed by atoms with E-state index in [1.807, 2.05) is 0 Å².